The number of amides is 2. The molecule has 2 amide bonds. The van der Waals surface area contributed by atoms with E-state index in [0.717, 1.165) is 31.5 Å². The Morgan fingerprint density at radius 1 is 1.24 bits per heavy atom. The summed E-state index contributed by atoms with van der Waals surface area (Å²) in [6, 6.07) is 13.0. The summed E-state index contributed by atoms with van der Waals surface area (Å²) in [5.74, 6) is 0.373. The second kappa shape index (κ2) is 8.30. The van der Waals surface area contributed by atoms with E-state index in [1.165, 1.54) is 11.3 Å². The van der Waals surface area contributed by atoms with Crippen LogP contribution >= 0.6 is 11.3 Å². The van der Waals surface area contributed by atoms with Gasteiger partial charge in [-0.2, -0.15) is 0 Å². The molecule has 1 aliphatic heterocycles. The predicted molar refractivity (Wildman–Crippen MR) is 101 cm³/mol. The number of hydrogen-bond acceptors (Lipinski definition) is 3. The van der Waals surface area contributed by atoms with Crippen LogP contribution in [-0.4, -0.2) is 35.8 Å². The van der Waals surface area contributed by atoms with Gasteiger partial charge in [-0.05, 0) is 35.8 Å². The summed E-state index contributed by atoms with van der Waals surface area (Å²) >= 11 is 1.39. The molecule has 0 bridgehead atoms. The Morgan fingerprint density at radius 2 is 2.04 bits per heavy atom. The van der Waals surface area contributed by atoms with E-state index < -0.39 is 6.04 Å². The first-order valence-corrected chi connectivity index (χ1v) is 9.68. The van der Waals surface area contributed by atoms with Gasteiger partial charge in [0.15, 0.2) is 0 Å². The fourth-order valence-corrected chi connectivity index (χ4v) is 3.92. The van der Waals surface area contributed by atoms with Crippen LogP contribution in [-0.2, 0) is 11.2 Å². The molecule has 2 unspecified atom stereocenters. The normalized spacial score (nSPS) is 18.6. The van der Waals surface area contributed by atoms with Crippen LogP contribution in [0.25, 0.3) is 0 Å². The minimum Gasteiger partial charge on any atom is -0.341 e. The molecule has 2 heterocycles. The molecule has 2 atom stereocenters. The van der Waals surface area contributed by atoms with Crippen molar-refractivity contribution in [1.29, 1.82) is 0 Å². The van der Waals surface area contributed by atoms with Crippen molar-refractivity contribution in [3.8, 4) is 0 Å². The quantitative estimate of drug-likeness (QED) is 0.893. The number of carbonyl (C=O) groups is 2. The maximum absolute atomic E-state index is 13.1. The Bertz CT molecular complexity index is 700. The van der Waals surface area contributed by atoms with Crippen LogP contribution in [0.3, 0.4) is 0 Å². The zero-order valence-electron chi connectivity index (χ0n) is 14.5. The van der Waals surface area contributed by atoms with E-state index in [-0.39, 0.29) is 11.8 Å². The third-order valence-corrected chi connectivity index (χ3v) is 5.47. The van der Waals surface area contributed by atoms with Crippen LogP contribution in [0.5, 0.6) is 0 Å². The van der Waals surface area contributed by atoms with Crippen molar-refractivity contribution in [2.45, 2.75) is 32.2 Å². The second-order valence-electron chi connectivity index (χ2n) is 6.72. The zero-order valence-corrected chi connectivity index (χ0v) is 15.3. The highest BCUT2D eigenvalue weighted by atomic mass is 32.1. The average molecular weight is 356 g/mol. The van der Waals surface area contributed by atoms with Crippen molar-refractivity contribution in [2.75, 3.05) is 13.1 Å². The molecule has 0 spiro atoms. The molecule has 0 aliphatic carbocycles. The van der Waals surface area contributed by atoms with Gasteiger partial charge in [-0.15, -0.1) is 11.3 Å². The highest BCUT2D eigenvalue weighted by Crippen LogP contribution is 2.18. The van der Waals surface area contributed by atoms with Crippen LogP contribution in [0.1, 0.15) is 35.0 Å². The molecular formula is C20H24N2O2S. The number of carbonyl (C=O) groups excluding carboxylic acids is 2. The van der Waals surface area contributed by atoms with Gasteiger partial charge in [-0.1, -0.05) is 43.3 Å². The summed E-state index contributed by atoms with van der Waals surface area (Å²) < 4.78 is 0. The molecule has 3 rings (SSSR count). The molecular weight excluding hydrogens is 332 g/mol. The fraction of sp³-hybridized carbons (Fsp3) is 0.400. The average Bonchev–Trinajstić information content (AvgIpc) is 3.16. The third-order valence-electron chi connectivity index (χ3n) is 4.60. The lowest BCUT2D eigenvalue weighted by Gasteiger charge is -2.33. The maximum atomic E-state index is 13.1. The molecule has 4 nitrogen and oxygen atoms in total. The topological polar surface area (TPSA) is 49.4 Å². The number of hydrogen-bond donors (Lipinski definition) is 1. The number of piperidine rings is 1. The lowest BCUT2D eigenvalue weighted by atomic mass is 9.98. The second-order valence-corrected chi connectivity index (χ2v) is 7.67. The molecule has 1 aliphatic rings. The molecule has 132 valence electrons. The van der Waals surface area contributed by atoms with E-state index in [1.54, 1.807) is 6.07 Å². The minimum absolute atomic E-state index is 0.0281. The van der Waals surface area contributed by atoms with E-state index >= 15 is 0 Å². The van der Waals surface area contributed by atoms with E-state index in [9.17, 15) is 9.59 Å². The van der Waals surface area contributed by atoms with Crippen molar-refractivity contribution in [2.24, 2.45) is 5.92 Å². The van der Waals surface area contributed by atoms with Gasteiger partial charge in [0, 0.05) is 19.5 Å². The highest BCUT2D eigenvalue weighted by molar-refractivity contribution is 7.12. The van der Waals surface area contributed by atoms with Gasteiger partial charge in [0.25, 0.3) is 5.91 Å². The van der Waals surface area contributed by atoms with Crippen LogP contribution < -0.4 is 5.32 Å². The Labute approximate surface area is 152 Å². The maximum Gasteiger partial charge on any atom is 0.262 e. The van der Waals surface area contributed by atoms with Gasteiger partial charge >= 0.3 is 0 Å². The summed E-state index contributed by atoms with van der Waals surface area (Å²) in [6.45, 7) is 3.73. The zero-order chi connectivity index (χ0) is 17.6. The van der Waals surface area contributed by atoms with Crippen molar-refractivity contribution >= 4 is 23.2 Å². The number of thiophene rings is 1. The van der Waals surface area contributed by atoms with Gasteiger partial charge in [-0.3, -0.25) is 9.59 Å². The standard InChI is InChI=1S/C20H24N2O2S/c1-15-7-5-11-22(14-15)20(24)17(13-16-8-3-2-4-9-16)21-19(23)18-10-6-12-25-18/h2-4,6,8-10,12,15,17H,5,7,11,13-14H2,1H3,(H,21,23). The Balaban J connectivity index is 1.75. The van der Waals surface area contributed by atoms with Crippen LogP contribution in [0.2, 0.25) is 0 Å². The lowest BCUT2D eigenvalue weighted by molar-refractivity contribution is -0.134. The van der Waals surface area contributed by atoms with E-state index in [2.05, 4.69) is 12.2 Å². The summed E-state index contributed by atoms with van der Waals surface area (Å²) in [5.41, 5.74) is 1.05. The van der Waals surface area contributed by atoms with E-state index in [4.69, 9.17) is 0 Å². The first kappa shape index (κ1) is 17.7. The minimum atomic E-state index is -0.526. The number of rotatable bonds is 5. The number of nitrogens with zero attached hydrogens (tertiary/aromatic N) is 1. The van der Waals surface area contributed by atoms with E-state index in [0.29, 0.717) is 17.2 Å². The molecule has 1 aromatic heterocycles. The molecule has 5 heteroatoms. The fourth-order valence-electron chi connectivity index (χ4n) is 3.30. The van der Waals surface area contributed by atoms with Gasteiger partial charge in [0.05, 0.1) is 4.88 Å². The smallest absolute Gasteiger partial charge is 0.262 e. The molecule has 1 saturated heterocycles. The van der Waals surface area contributed by atoms with Crippen molar-refractivity contribution in [3.63, 3.8) is 0 Å². The first-order valence-electron chi connectivity index (χ1n) is 8.80. The Morgan fingerprint density at radius 3 is 2.72 bits per heavy atom. The predicted octanol–water partition coefficient (Wildman–Crippen LogP) is 3.35. The molecule has 1 N–H and O–H groups in total. The number of benzene rings is 1. The molecule has 1 fully saturated rings. The molecule has 2 aromatic rings. The largest absolute Gasteiger partial charge is 0.341 e. The van der Waals surface area contributed by atoms with Crippen molar-refractivity contribution in [3.05, 3.63) is 58.3 Å². The van der Waals surface area contributed by atoms with Gasteiger partial charge in [-0.25, -0.2) is 0 Å². The van der Waals surface area contributed by atoms with Crippen LogP contribution in [0, 0.1) is 5.92 Å². The SMILES string of the molecule is CC1CCCN(C(=O)C(Cc2ccccc2)NC(=O)c2cccs2)C1. The van der Waals surface area contributed by atoms with Crippen molar-refractivity contribution in [1.82, 2.24) is 10.2 Å². The van der Waals surface area contributed by atoms with Gasteiger partial charge in [0.1, 0.15) is 6.04 Å². The number of nitrogens with one attached hydrogen (secondary N) is 1. The first-order chi connectivity index (χ1) is 12.1. The molecule has 0 saturated carbocycles. The molecule has 25 heavy (non-hydrogen) atoms. The Hall–Kier alpha value is -2.14. The summed E-state index contributed by atoms with van der Waals surface area (Å²) in [7, 11) is 0. The highest BCUT2D eigenvalue weighted by Gasteiger charge is 2.29. The third kappa shape index (κ3) is 4.69. The summed E-state index contributed by atoms with van der Waals surface area (Å²) in [4.78, 5) is 28.1. The summed E-state index contributed by atoms with van der Waals surface area (Å²) in [5, 5.41) is 4.83. The van der Waals surface area contributed by atoms with Gasteiger partial charge < -0.3 is 10.2 Å². The molecule has 0 radical (unpaired) electrons. The monoisotopic (exact) mass is 356 g/mol. The van der Waals surface area contributed by atoms with Gasteiger partial charge in [0.2, 0.25) is 5.91 Å². The Kier molecular flexibility index (Phi) is 5.87. The number of likely N-dealkylation sites (tertiary alicyclic amines) is 1. The van der Waals surface area contributed by atoms with Crippen molar-refractivity contribution < 1.29 is 9.59 Å². The van der Waals surface area contributed by atoms with Crippen LogP contribution in [0.4, 0.5) is 0 Å². The molecule has 1 aromatic carbocycles. The summed E-state index contributed by atoms with van der Waals surface area (Å²) in [6.07, 6.45) is 2.71. The van der Waals surface area contributed by atoms with E-state index in [1.807, 2.05) is 46.7 Å². The lowest BCUT2D eigenvalue weighted by Crippen LogP contribution is -2.52. The van der Waals surface area contributed by atoms with Crippen LogP contribution in [0.15, 0.2) is 47.8 Å².